The zero-order valence-corrected chi connectivity index (χ0v) is 7.78. The van der Waals surface area contributed by atoms with Crippen LogP contribution in [-0.4, -0.2) is 15.7 Å². The molecule has 0 atom stereocenters. The van der Waals surface area contributed by atoms with E-state index in [0.717, 1.165) is 0 Å². The van der Waals surface area contributed by atoms with Crippen molar-refractivity contribution in [2.45, 2.75) is 0 Å². The van der Waals surface area contributed by atoms with Gasteiger partial charge in [0.05, 0.1) is 0 Å². The van der Waals surface area contributed by atoms with Crippen molar-refractivity contribution in [1.82, 2.24) is 0 Å². The van der Waals surface area contributed by atoms with Gasteiger partial charge in [0.25, 0.3) is 0 Å². The average Bonchev–Trinajstić information content (AvgIpc) is 2.01. The molecule has 58 valence electrons. The number of halogens is 3. The normalized spacial score (nSPS) is 10.5. The molecule has 0 bridgehead atoms. The van der Waals surface area contributed by atoms with Crippen LogP contribution in [0.5, 0.6) is 0 Å². The van der Waals surface area contributed by atoms with E-state index in [1.165, 1.54) is 12.1 Å². The van der Waals surface area contributed by atoms with Crippen molar-refractivity contribution in [3.8, 4) is 0 Å². The average molecular weight is 238 g/mol. The standard InChI is InChI=1S/C6H2AsClF2O/c8-4-2-1-3(7-11)5(9)6(4)10/h1-2H. The third-order valence-electron chi connectivity index (χ3n) is 1.11. The molecule has 0 radical (unpaired) electrons. The molecule has 0 N–H and O–H groups in total. The van der Waals surface area contributed by atoms with Crippen LogP contribution in [0.1, 0.15) is 0 Å². The summed E-state index contributed by atoms with van der Waals surface area (Å²) in [5.74, 6) is -2.23. The molecule has 1 nitrogen and oxygen atoms in total. The van der Waals surface area contributed by atoms with E-state index in [2.05, 4.69) is 0 Å². The number of rotatable bonds is 1. The van der Waals surface area contributed by atoms with Gasteiger partial charge >= 0.3 is 73.0 Å². The molecular formula is C6H2AsClF2O. The van der Waals surface area contributed by atoms with Crippen molar-refractivity contribution in [2.75, 3.05) is 0 Å². The van der Waals surface area contributed by atoms with Gasteiger partial charge in [-0.05, 0) is 0 Å². The molecule has 0 amide bonds. The van der Waals surface area contributed by atoms with Gasteiger partial charge in [-0.2, -0.15) is 0 Å². The Morgan fingerprint density at radius 2 is 1.91 bits per heavy atom. The summed E-state index contributed by atoms with van der Waals surface area (Å²) in [7, 11) is 0. The van der Waals surface area contributed by atoms with E-state index < -0.39 is 27.3 Å². The van der Waals surface area contributed by atoms with E-state index in [0.29, 0.717) is 0 Å². The van der Waals surface area contributed by atoms with Crippen LogP contribution in [0.3, 0.4) is 0 Å². The van der Waals surface area contributed by atoms with Gasteiger partial charge in [-0.1, -0.05) is 0 Å². The fraction of sp³-hybridized carbons (Fsp3) is 0. The first-order valence-electron chi connectivity index (χ1n) is 2.63. The van der Waals surface area contributed by atoms with Gasteiger partial charge in [-0.15, -0.1) is 0 Å². The molecule has 1 aromatic rings. The van der Waals surface area contributed by atoms with Gasteiger partial charge in [-0.3, -0.25) is 0 Å². The van der Waals surface area contributed by atoms with Gasteiger partial charge < -0.3 is 0 Å². The molecule has 0 saturated heterocycles. The summed E-state index contributed by atoms with van der Waals surface area (Å²) in [6.07, 6.45) is 0. The van der Waals surface area contributed by atoms with E-state index in [1.807, 2.05) is 0 Å². The molecule has 5 heteroatoms. The monoisotopic (exact) mass is 238 g/mol. The van der Waals surface area contributed by atoms with Crippen LogP contribution in [-0.2, 0) is 3.74 Å². The van der Waals surface area contributed by atoms with Crippen LogP contribution in [0.15, 0.2) is 12.1 Å². The van der Waals surface area contributed by atoms with Crippen LogP contribution < -0.4 is 4.35 Å². The Morgan fingerprint density at radius 1 is 1.27 bits per heavy atom. The molecule has 0 fully saturated rings. The predicted molar refractivity (Wildman–Crippen MR) is 37.4 cm³/mol. The molecular weight excluding hydrogens is 236 g/mol. The Hall–Kier alpha value is -0.272. The van der Waals surface area contributed by atoms with Crippen molar-refractivity contribution in [3.63, 3.8) is 0 Å². The summed E-state index contributed by atoms with van der Waals surface area (Å²) < 4.78 is 35.3. The second-order valence-electron chi connectivity index (χ2n) is 1.79. The van der Waals surface area contributed by atoms with E-state index in [4.69, 9.17) is 11.6 Å². The van der Waals surface area contributed by atoms with E-state index in [-0.39, 0.29) is 9.37 Å². The fourth-order valence-electron chi connectivity index (χ4n) is 0.586. The Morgan fingerprint density at radius 3 is 2.45 bits per heavy atom. The topological polar surface area (TPSA) is 17.1 Å². The SMILES string of the molecule is O=[As]c1ccc(Cl)c(F)c1F. The molecule has 11 heavy (non-hydrogen) atoms. The summed E-state index contributed by atoms with van der Waals surface area (Å²) in [5, 5.41) is -0.291. The molecule has 0 saturated carbocycles. The van der Waals surface area contributed by atoms with E-state index in [9.17, 15) is 12.5 Å². The molecule has 0 heterocycles. The second-order valence-corrected chi connectivity index (χ2v) is 3.59. The van der Waals surface area contributed by atoms with Gasteiger partial charge in [0.15, 0.2) is 0 Å². The number of hydrogen-bond donors (Lipinski definition) is 0. The van der Waals surface area contributed by atoms with Crippen LogP contribution in [0.25, 0.3) is 0 Å². The van der Waals surface area contributed by atoms with Crippen LogP contribution in [0.2, 0.25) is 5.02 Å². The summed E-state index contributed by atoms with van der Waals surface area (Å²) in [4.78, 5) is 0. The second kappa shape index (κ2) is 3.42. The Kier molecular flexibility index (Phi) is 2.74. The summed E-state index contributed by atoms with van der Waals surface area (Å²) in [5.41, 5.74) is 0. The van der Waals surface area contributed by atoms with Crippen molar-refractivity contribution < 1.29 is 12.5 Å². The van der Waals surface area contributed by atoms with Crippen LogP contribution in [0.4, 0.5) is 8.78 Å². The van der Waals surface area contributed by atoms with Crippen LogP contribution in [0, 0.1) is 11.6 Å². The summed E-state index contributed by atoms with van der Waals surface area (Å²) >= 11 is 3.70. The first-order valence-corrected chi connectivity index (χ1v) is 4.72. The number of benzene rings is 1. The zero-order valence-electron chi connectivity index (χ0n) is 5.14. The molecule has 0 aliphatic rings. The Bertz CT molecular complexity index is 303. The Balaban J connectivity index is 3.36. The van der Waals surface area contributed by atoms with Crippen molar-refractivity contribution in [2.24, 2.45) is 0 Å². The van der Waals surface area contributed by atoms with Crippen LogP contribution >= 0.6 is 11.6 Å². The molecule has 0 spiro atoms. The van der Waals surface area contributed by atoms with Gasteiger partial charge in [-0.25, -0.2) is 0 Å². The minimum atomic E-state index is -1.53. The van der Waals surface area contributed by atoms with Gasteiger partial charge in [0, 0.05) is 0 Å². The van der Waals surface area contributed by atoms with Crippen molar-refractivity contribution in [1.29, 1.82) is 0 Å². The van der Waals surface area contributed by atoms with E-state index >= 15 is 0 Å². The quantitative estimate of drug-likeness (QED) is 0.532. The third-order valence-corrected chi connectivity index (χ3v) is 2.54. The van der Waals surface area contributed by atoms with Gasteiger partial charge in [0.1, 0.15) is 0 Å². The third kappa shape index (κ3) is 1.66. The summed E-state index contributed by atoms with van der Waals surface area (Å²) in [6.45, 7) is 0. The van der Waals surface area contributed by atoms with Gasteiger partial charge in [0.2, 0.25) is 0 Å². The molecule has 0 unspecified atom stereocenters. The molecule has 1 aromatic carbocycles. The van der Waals surface area contributed by atoms with Crippen molar-refractivity contribution >= 4 is 31.6 Å². The Labute approximate surface area is 73.3 Å². The van der Waals surface area contributed by atoms with Crippen molar-refractivity contribution in [3.05, 3.63) is 28.8 Å². The molecule has 0 aliphatic carbocycles. The molecule has 1 rings (SSSR count). The number of hydrogen-bond acceptors (Lipinski definition) is 1. The maximum absolute atomic E-state index is 12.6. The first kappa shape index (κ1) is 8.82. The summed E-state index contributed by atoms with van der Waals surface area (Å²) in [6, 6.07) is 2.40. The maximum atomic E-state index is 12.6. The molecule has 0 aliphatic heterocycles. The minimum absolute atomic E-state index is 0.108. The van der Waals surface area contributed by atoms with E-state index in [1.54, 1.807) is 0 Å². The molecule has 0 aromatic heterocycles. The first-order chi connectivity index (χ1) is 5.16. The zero-order chi connectivity index (χ0) is 8.43. The fourth-order valence-corrected chi connectivity index (χ4v) is 1.39. The predicted octanol–water partition coefficient (Wildman–Crippen LogP) is 1.29.